The minimum absolute atomic E-state index is 0.246. The lowest BCUT2D eigenvalue weighted by atomic mass is 10.1. The van der Waals surface area contributed by atoms with E-state index < -0.39 is 0 Å². The molecular weight excluding hydrogens is 424 g/mol. The van der Waals surface area contributed by atoms with Crippen LogP contribution in [0.3, 0.4) is 0 Å². The van der Waals surface area contributed by atoms with Gasteiger partial charge in [0.15, 0.2) is 5.65 Å². The van der Waals surface area contributed by atoms with Gasteiger partial charge >= 0.3 is 6.09 Å². The number of aromatic nitrogens is 4. The Kier molecular flexibility index (Phi) is 6.64. The third kappa shape index (κ3) is 5.33. The first-order valence-electron chi connectivity index (χ1n) is 11.0. The number of carbonyl (C=O) groups is 1. The monoisotopic (exact) mass is 454 g/mol. The highest BCUT2D eigenvalue weighted by Gasteiger charge is 2.24. The molecule has 3 aromatic rings. The first kappa shape index (κ1) is 22.8. The normalized spacial score (nSPS) is 14.5. The lowest BCUT2D eigenvalue weighted by molar-refractivity contribution is -0.0267. The number of amides is 1. The van der Waals surface area contributed by atoms with Gasteiger partial charge in [0.1, 0.15) is 12.4 Å². The third-order valence-corrected chi connectivity index (χ3v) is 5.31. The molecule has 4 heterocycles. The molecule has 4 rings (SSSR count). The SMILES string of the molecule is COc1ncccc1-c1cnn2ccc(N3CCN(C(=O)OCCOC(C)(C)C)CC3)nc12. The molecule has 0 aliphatic carbocycles. The highest BCUT2D eigenvalue weighted by atomic mass is 16.6. The third-order valence-electron chi connectivity index (χ3n) is 5.31. The fraction of sp³-hybridized carbons (Fsp3) is 0.478. The Morgan fingerprint density at radius 3 is 2.61 bits per heavy atom. The van der Waals surface area contributed by atoms with E-state index >= 15 is 0 Å². The van der Waals surface area contributed by atoms with E-state index in [-0.39, 0.29) is 18.3 Å². The quantitative estimate of drug-likeness (QED) is 0.525. The summed E-state index contributed by atoms with van der Waals surface area (Å²) < 4.78 is 18.1. The van der Waals surface area contributed by atoms with Gasteiger partial charge in [-0.2, -0.15) is 5.10 Å². The van der Waals surface area contributed by atoms with Gasteiger partial charge in [0.2, 0.25) is 5.88 Å². The van der Waals surface area contributed by atoms with E-state index in [1.165, 1.54) is 0 Å². The average Bonchev–Trinajstić information content (AvgIpc) is 3.24. The van der Waals surface area contributed by atoms with E-state index in [2.05, 4.69) is 15.0 Å². The van der Waals surface area contributed by atoms with Gasteiger partial charge in [0.25, 0.3) is 0 Å². The molecule has 10 heteroatoms. The van der Waals surface area contributed by atoms with Crippen LogP contribution in [0.1, 0.15) is 20.8 Å². The Morgan fingerprint density at radius 1 is 1.09 bits per heavy atom. The number of ether oxygens (including phenoxy) is 3. The second-order valence-electron chi connectivity index (χ2n) is 8.72. The smallest absolute Gasteiger partial charge is 0.409 e. The van der Waals surface area contributed by atoms with Gasteiger partial charge in [-0.05, 0) is 39.0 Å². The van der Waals surface area contributed by atoms with Crippen molar-refractivity contribution in [1.82, 2.24) is 24.5 Å². The van der Waals surface area contributed by atoms with Crippen LogP contribution in [0.2, 0.25) is 0 Å². The van der Waals surface area contributed by atoms with Crippen molar-refractivity contribution < 1.29 is 19.0 Å². The van der Waals surface area contributed by atoms with Gasteiger partial charge in [0, 0.05) is 44.1 Å². The summed E-state index contributed by atoms with van der Waals surface area (Å²) in [6.07, 6.45) is 5.04. The maximum atomic E-state index is 12.4. The summed E-state index contributed by atoms with van der Waals surface area (Å²) in [5.41, 5.74) is 2.16. The Balaban J connectivity index is 1.40. The van der Waals surface area contributed by atoms with Crippen LogP contribution in [-0.4, -0.2) is 82.7 Å². The van der Waals surface area contributed by atoms with Crippen LogP contribution in [0.4, 0.5) is 10.6 Å². The molecule has 0 saturated carbocycles. The second kappa shape index (κ2) is 9.62. The van der Waals surface area contributed by atoms with Gasteiger partial charge in [-0.3, -0.25) is 0 Å². The van der Waals surface area contributed by atoms with Crippen molar-refractivity contribution in [3.05, 3.63) is 36.8 Å². The lowest BCUT2D eigenvalue weighted by Gasteiger charge is -2.34. The van der Waals surface area contributed by atoms with Gasteiger partial charge < -0.3 is 24.0 Å². The molecule has 0 aromatic carbocycles. The molecule has 0 bridgehead atoms. The summed E-state index contributed by atoms with van der Waals surface area (Å²) in [6, 6.07) is 5.73. The Bertz CT molecular complexity index is 1100. The van der Waals surface area contributed by atoms with Crippen molar-refractivity contribution in [3.8, 4) is 17.0 Å². The molecule has 1 fully saturated rings. The first-order valence-corrected chi connectivity index (χ1v) is 11.0. The number of carbonyl (C=O) groups excluding carboxylic acids is 1. The standard InChI is InChI=1S/C23H30N6O4/c1-23(2,3)33-15-14-32-22(30)28-12-10-27(11-13-28)19-7-9-29-20(26-19)18(16-25-29)17-6-5-8-24-21(17)31-4/h5-9,16H,10-15H2,1-4H3. The van der Waals surface area contributed by atoms with Crippen LogP contribution < -0.4 is 9.64 Å². The molecule has 33 heavy (non-hydrogen) atoms. The maximum absolute atomic E-state index is 12.4. The number of rotatable bonds is 6. The minimum Gasteiger partial charge on any atom is -0.481 e. The number of hydrogen-bond donors (Lipinski definition) is 0. The molecule has 0 N–H and O–H groups in total. The highest BCUT2D eigenvalue weighted by molar-refractivity contribution is 5.80. The molecule has 0 spiro atoms. The maximum Gasteiger partial charge on any atom is 0.409 e. The zero-order valence-electron chi connectivity index (χ0n) is 19.5. The van der Waals surface area contributed by atoms with Crippen molar-refractivity contribution in [2.45, 2.75) is 26.4 Å². The van der Waals surface area contributed by atoms with E-state index in [1.807, 2.05) is 45.2 Å². The summed E-state index contributed by atoms with van der Waals surface area (Å²) in [6.45, 7) is 9.00. The Labute approximate surface area is 193 Å². The van der Waals surface area contributed by atoms with Gasteiger partial charge in [-0.15, -0.1) is 0 Å². The molecular formula is C23H30N6O4. The number of anilines is 1. The molecule has 10 nitrogen and oxygen atoms in total. The lowest BCUT2D eigenvalue weighted by Crippen LogP contribution is -2.49. The van der Waals surface area contributed by atoms with Gasteiger partial charge in [-0.25, -0.2) is 19.3 Å². The number of pyridine rings is 1. The topological polar surface area (TPSA) is 94.3 Å². The summed E-state index contributed by atoms with van der Waals surface area (Å²) in [4.78, 5) is 25.4. The van der Waals surface area contributed by atoms with Crippen molar-refractivity contribution >= 4 is 17.6 Å². The second-order valence-corrected chi connectivity index (χ2v) is 8.72. The molecule has 176 valence electrons. The van der Waals surface area contributed by atoms with Crippen LogP contribution >= 0.6 is 0 Å². The summed E-state index contributed by atoms with van der Waals surface area (Å²) in [7, 11) is 1.60. The van der Waals surface area contributed by atoms with Crippen molar-refractivity contribution in [1.29, 1.82) is 0 Å². The number of methoxy groups -OCH3 is 1. The molecule has 0 radical (unpaired) electrons. The van der Waals surface area contributed by atoms with E-state index in [9.17, 15) is 4.79 Å². The molecule has 3 aromatic heterocycles. The predicted octanol–water partition coefficient (Wildman–Crippen LogP) is 2.87. The zero-order valence-corrected chi connectivity index (χ0v) is 19.5. The van der Waals surface area contributed by atoms with E-state index in [0.717, 1.165) is 22.6 Å². The molecule has 1 saturated heterocycles. The van der Waals surface area contributed by atoms with Crippen LogP contribution in [0.15, 0.2) is 36.8 Å². The number of piperazine rings is 1. The number of hydrogen-bond acceptors (Lipinski definition) is 8. The molecule has 0 atom stereocenters. The molecule has 1 amide bonds. The Hall–Kier alpha value is -3.40. The van der Waals surface area contributed by atoms with Crippen molar-refractivity contribution in [3.63, 3.8) is 0 Å². The zero-order chi connectivity index (χ0) is 23.4. The van der Waals surface area contributed by atoms with Crippen LogP contribution in [0, 0.1) is 0 Å². The molecule has 1 aliphatic rings. The molecule has 1 aliphatic heterocycles. The average molecular weight is 455 g/mol. The minimum atomic E-state index is -0.308. The van der Waals surface area contributed by atoms with Crippen molar-refractivity contribution in [2.75, 3.05) is 51.4 Å². The summed E-state index contributed by atoms with van der Waals surface area (Å²) in [5, 5.41) is 4.42. The van der Waals surface area contributed by atoms with Crippen LogP contribution in [0.5, 0.6) is 5.88 Å². The first-order chi connectivity index (χ1) is 15.9. The molecule has 0 unspecified atom stereocenters. The predicted molar refractivity (Wildman–Crippen MR) is 124 cm³/mol. The van der Waals surface area contributed by atoms with Gasteiger partial charge in [-0.1, -0.05) is 0 Å². The number of nitrogens with zero attached hydrogens (tertiary/aromatic N) is 6. The highest BCUT2D eigenvalue weighted by Crippen LogP contribution is 2.31. The fourth-order valence-electron chi connectivity index (χ4n) is 3.67. The van der Waals surface area contributed by atoms with Crippen molar-refractivity contribution in [2.24, 2.45) is 0 Å². The Morgan fingerprint density at radius 2 is 1.88 bits per heavy atom. The van der Waals surface area contributed by atoms with Gasteiger partial charge in [0.05, 0.1) is 31.1 Å². The fourth-order valence-corrected chi connectivity index (χ4v) is 3.67. The summed E-state index contributed by atoms with van der Waals surface area (Å²) in [5.74, 6) is 1.36. The largest absolute Gasteiger partial charge is 0.481 e. The van der Waals surface area contributed by atoms with E-state index in [4.69, 9.17) is 19.2 Å². The van der Waals surface area contributed by atoms with E-state index in [0.29, 0.717) is 38.7 Å². The number of fused-ring (bicyclic) bond motifs is 1. The van der Waals surface area contributed by atoms with Crippen LogP contribution in [-0.2, 0) is 9.47 Å². The van der Waals surface area contributed by atoms with Crippen LogP contribution in [0.25, 0.3) is 16.8 Å². The van der Waals surface area contributed by atoms with E-state index in [1.54, 1.807) is 28.9 Å². The summed E-state index contributed by atoms with van der Waals surface area (Å²) >= 11 is 0.